The van der Waals surface area contributed by atoms with Crippen LogP contribution in [0.1, 0.15) is 32.6 Å². The lowest BCUT2D eigenvalue weighted by atomic mass is 9.76. The van der Waals surface area contributed by atoms with Gasteiger partial charge < -0.3 is 5.11 Å². The van der Waals surface area contributed by atoms with E-state index in [2.05, 4.69) is 4.89 Å². The molecular weight excluding hydrogens is 160 g/mol. The molecule has 0 amide bonds. The zero-order chi connectivity index (χ0) is 9.19. The van der Waals surface area contributed by atoms with Gasteiger partial charge in [-0.25, -0.2) is 4.79 Å². The van der Waals surface area contributed by atoms with Gasteiger partial charge in [0.1, 0.15) is 0 Å². The molecule has 1 aliphatic carbocycles. The third-order valence-electron chi connectivity index (χ3n) is 2.70. The van der Waals surface area contributed by atoms with Crippen LogP contribution in [0.4, 0.5) is 0 Å². The van der Waals surface area contributed by atoms with Crippen LogP contribution in [0.5, 0.6) is 0 Å². The predicted octanol–water partition coefficient (Wildman–Crippen LogP) is 0.944. The molecule has 0 aromatic carbocycles. The van der Waals surface area contributed by atoms with Crippen LogP contribution in [0.15, 0.2) is 0 Å². The average Bonchev–Trinajstić information content (AvgIpc) is 2.09. The molecule has 0 aromatic heterocycles. The third kappa shape index (κ3) is 1.44. The van der Waals surface area contributed by atoms with Crippen molar-refractivity contribution in [1.82, 2.24) is 0 Å². The van der Waals surface area contributed by atoms with Gasteiger partial charge in [-0.3, -0.25) is 4.89 Å². The molecule has 0 aromatic rings. The first-order valence-electron chi connectivity index (χ1n) is 4.19. The maximum Gasteiger partial charge on any atom is 0.373 e. The lowest BCUT2D eigenvalue weighted by Gasteiger charge is -2.34. The maximum absolute atomic E-state index is 11.0. The number of hydrogen-bond donors (Lipinski definition) is 2. The largest absolute Gasteiger partial charge is 0.378 e. The first-order valence-corrected chi connectivity index (χ1v) is 4.19. The van der Waals surface area contributed by atoms with Crippen LogP contribution in [-0.2, 0) is 9.68 Å². The molecule has 0 aliphatic heterocycles. The summed E-state index contributed by atoms with van der Waals surface area (Å²) >= 11 is 0. The lowest BCUT2D eigenvalue weighted by Crippen LogP contribution is -2.47. The summed E-state index contributed by atoms with van der Waals surface area (Å²) in [4.78, 5) is 14.6. The summed E-state index contributed by atoms with van der Waals surface area (Å²) in [7, 11) is 0. The van der Waals surface area contributed by atoms with E-state index in [0.717, 1.165) is 19.3 Å². The molecule has 2 N–H and O–H groups in total. The second-order valence-corrected chi connectivity index (χ2v) is 3.45. The van der Waals surface area contributed by atoms with Crippen LogP contribution in [0.3, 0.4) is 0 Å². The van der Waals surface area contributed by atoms with Gasteiger partial charge in [-0.15, -0.1) is 0 Å². The summed E-state index contributed by atoms with van der Waals surface area (Å²) in [6.45, 7) is 1.79. The molecule has 1 saturated carbocycles. The summed E-state index contributed by atoms with van der Waals surface area (Å²) < 4.78 is 0. The van der Waals surface area contributed by atoms with E-state index >= 15 is 0 Å². The van der Waals surface area contributed by atoms with E-state index in [1.165, 1.54) is 0 Å². The highest BCUT2D eigenvalue weighted by Gasteiger charge is 2.44. The van der Waals surface area contributed by atoms with Gasteiger partial charge in [0, 0.05) is 0 Å². The van der Waals surface area contributed by atoms with Crippen molar-refractivity contribution in [1.29, 1.82) is 0 Å². The van der Waals surface area contributed by atoms with Crippen LogP contribution in [0.2, 0.25) is 0 Å². The zero-order valence-corrected chi connectivity index (χ0v) is 7.12. The Kier molecular flexibility index (Phi) is 2.69. The van der Waals surface area contributed by atoms with Crippen LogP contribution < -0.4 is 0 Å². The van der Waals surface area contributed by atoms with Gasteiger partial charge in [0.05, 0.1) is 0 Å². The van der Waals surface area contributed by atoms with Crippen LogP contribution >= 0.6 is 0 Å². The van der Waals surface area contributed by atoms with E-state index in [1.54, 1.807) is 6.92 Å². The fraction of sp³-hybridized carbons (Fsp3) is 0.875. The molecule has 4 nitrogen and oxygen atoms in total. The minimum Gasteiger partial charge on any atom is -0.378 e. The van der Waals surface area contributed by atoms with E-state index in [9.17, 15) is 9.90 Å². The van der Waals surface area contributed by atoms with E-state index in [0.29, 0.717) is 6.42 Å². The van der Waals surface area contributed by atoms with E-state index < -0.39 is 11.6 Å². The van der Waals surface area contributed by atoms with Gasteiger partial charge in [-0.05, 0) is 25.2 Å². The van der Waals surface area contributed by atoms with Gasteiger partial charge in [-0.2, -0.15) is 5.26 Å². The Balaban J connectivity index is 2.72. The van der Waals surface area contributed by atoms with Crippen LogP contribution in [0, 0.1) is 5.92 Å². The summed E-state index contributed by atoms with van der Waals surface area (Å²) in [6.07, 6.45) is 3.00. The molecule has 0 saturated heterocycles. The predicted molar refractivity (Wildman–Crippen MR) is 41.3 cm³/mol. The fourth-order valence-electron chi connectivity index (χ4n) is 1.71. The monoisotopic (exact) mass is 174 g/mol. The summed E-state index contributed by atoms with van der Waals surface area (Å²) in [6, 6.07) is 0. The molecule has 1 aliphatic rings. The van der Waals surface area contributed by atoms with Crippen molar-refractivity contribution in [3.8, 4) is 0 Å². The lowest BCUT2D eigenvalue weighted by molar-refractivity contribution is -0.257. The number of carbonyl (C=O) groups excluding carboxylic acids is 1. The number of hydrogen-bond acceptors (Lipinski definition) is 4. The Bertz CT molecular complexity index is 180. The quantitative estimate of drug-likeness (QED) is 0.458. The molecule has 0 heterocycles. The van der Waals surface area contributed by atoms with Crippen molar-refractivity contribution in [2.75, 3.05) is 0 Å². The Morgan fingerprint density at radius 1 is 1.58 bits per heavy atom. The highest BCUT2D eigenvalue weighted by molar-refractivity contribution is 5.79. The number of rotatable bonds is 1. The highest BCUT2D eigenvalue weighted by atomic mass is 17.1. The van der Waals surface area contributed by atoms with Crippen LogP contribution in [0.25, 0.3) is 0 Å². The normalized spacial score (nSPS) is 36.1. The summed E-state index contributed by atoms with van der Waals surface area (Å²) in [5.41, 5.74) is -1.47. The fourth-order valence-corrected chi connectivity index (χ4v) is 1.71. The van der Waals surface area contributed by atoms with Gasteiger partial charge in [-0.1, -0.05) is 13.3 Å². The Hall–Kier alpha value is -0.610. The van der Waals surface area contributed by atoms with Crippen molar-refractivity contribution in [2.45, 2.75) is 38.2 Å². The van der Waals surface area contributed by atoms with Crippen molar-refractivity contribution >= 4 is 5.97 Å². The molecule has 70 valence electrons. The molecule has 0 bridgehead atoms. The molecule has 2 unspecified atom stereocenters. The van der Waals surface area contributed by atoms with E-state index in [1.807, 2.05) is 0 Å². The van der Waals surface area contributed by atoms with Crippen LogP contribution in [-0.4, -0.2) is 21.9 Å². The van der Waals surface area contributed by atoms with Crippen molar-refractivity contribution in [3.05, 3.63) is 0 Å². The molecule has 0 spiro atoms. The Labute approximate surface area is 71.1 Å². The molecule has 4 heteroatoms. The summed E-state index contributed by atoms with van der Waals surface area (Å²) in [5, 5.41) is 17.9. The second kappa shape index (κ2) is 3.41. The molecule has 0 radical (unpaired) electrons. The zero-order valence-electron chi connectivity index (χ0n) is 7.12. The standard InChI is InChI=1S/C8H14O4/c1-6-4-2-3-5-8(6,10)7(9)12-11/h6,10-11H,2-5H2,1H3. The SMILES string of the molecule is CC1CCCCC1(O)C(=O)OO. The molecule has 12 heavy (non-hydrogen) atoms. The first-order chi connectivity index (χ1) is 5.61. The van der Waals surface area contributed by atoms with Gasteiger partial charge in [0.2, 0.25) is 0 Å². The first kappa shape index (κ1) is 9.48. The molecular formula is C8H14O4. The number of carbonyl (C=O) groups is 1. The summed E-state index contributed by atoms with van der Waals surface area (Å²) in [5.74, 6) is -1.06. The smallest absolute Gasteiger partial charge is 0.373 e. The molecule has 1 fully saturated rings. The minimum absolute atomic E-state index is 0.133. The Morgan fingerprint density at radius 2 is 2.25 bits per heavy atom. The maximum atomic E-state index is 11.0. The van der Waals surface area contributed by atoms with E-state index in [-0.39, 0.29) is 5.92 Å². The van der Waals surface area contributed by atoms with Gasteiger partial charge >= 0.3 is 5.97 Å². The van der Waals surface area contributed by atoms with Gasteiger partial charge in [0.15, 0.2) is 5.60 Å². The van der Waals surface area contributed by atoms with E-state index in [4.69, 9.17) is 5.26 Å². The average molecular weight is 174 g/mol. The molecule has 2 atom stereocenters. The number of aliphatic hydroxyl groups is 1. The third-order valence-corrected chi connectivity index (χ3v) is 2.70. The van der Waals surface area contributed by atoms with Crippen molar-refractivity contribution in [3.63, 3.8) is 0 Å². The molecule has 1 rings (SSSR count). The van der Waals surface area contributed by atoms with Crippen molar-refractivity contribution < 1.29 is 20.0 Å². The van der Waals surface area contributed by atoms with Gasteiger partial charge in [0.25, 0.3) is 0 Å². The topological polar surface area (TPSA) is 66.8 Å². The second-order valence-electron chi connectivity index (χ2n) is 3.45. The minimum atomic E-state index is -1.47. The highest BCUT2D eigenvalue weighted by Crippen LogP contribution is 2.34. The van der Waals surface area contributed by atoms with Crippen molar-refractivity contribution in [2.24, 2.45) is 5.92 Å². The Morgan fingerprint density at radius 3 is 2.75 bits per heavy atom.